The molecular weight excluding hydrogens is 252 g/mol. The van der Waals surface area contributed by atoms with Crippen molar-refractivity contribution in [2.45, 2.75) is 35.6 Å². The van der Waals surface area contributed by atoms with Gasteiger partial charge in [0.25, 0.3) is 0 Å². The minimum Gasteiger partial charge on any atom is -0.271 e. The Kier molecular flexibility index (Phi) is 4.67. The Morgan fingerprint density at radius 1 is 1.35 bits per heavy atom. The lowest BCUT2D eigenvalue weighted by molar-refractivity contribution is 0.546. The Balaban J connectivity index is 2.09. The maximum absolute atomic E-state index is 5.69. The Hall–Kier alpha value is -0.300. The first-order chi connectivity index (χ1) is 8.22. The number of aromatic nitrogens is 2. The number of rotatable bonds is 3. The van der Waals surface area contributed by atoms with Gasteiger partial charge in [-0.25, -0.2) is 9.97 Å². The highest BCUT2D eigenvalue weighted by Crippen LogP contribution is 2.40. The van der Waals surface area contributed by atoms with Gasteiger partial charge in [-0.3, -0.25) is 11.3 Å². The standard InChI is InChI=1S/C11H18N4S2/c1-7-8(2)17-10(5-16-7)11(15-12)9-3-13-6-14-4-9/h3-4,6-8,10-11,15H,5,12H2,1-2H3. The van der Waals surface area contributed by atoms with E-state index < -0.39 is 0 Å². The van der Waals surface area contributed by atoms with Crippen LogP contribution in [0.3, 0.4) is 0 Å². The second-order valence-electron chi connectivity index (χ2n) is 4.23. The molecule has 0 amide bonds. The smallest absolute Gasteiger partial charge is 0.115 e. The van der Waals surface area contributed by atoms with Crippen LogP contribution in [0.25, 0.3) is 0 Å². The van der Waals surface area contributed by atoms with Crippen molar-refractivity contribution in [3.63, 3.8) is 0 Å². The summed E-state index contributed by atoms with van der Waals surface area (Å²) < 4.78 is 0. The van der Waals surface area contributed by atoms with E-state index in [4.69, 9.17) is 5.84 Å². The molecule has 1 aliphatic rings. The van der Waals surface area contributed by atoms with Crippen molar-refractivity contribution in [2.75, 3.05) is 5.75 Å². The molecule has 0 bridgehead atoms. The van der Waals surface area contributed by atoms with Crippen molar-refractivity contribution >= 4 is 23.5 Å². The van der Waals surface area contributed by atoms with E-state index in [1.54, 1.807) is 6.33 Å². The molecule has 0 spiro atoms. The summed E-state index contributed by atoms with van der Waals surface area (Å²) in [6.45, 7) is 4.57. The molecule has 94 valence electrons. The molecule has 0 saturated carbocycles. The first-order valence-corrected chi connectivity index (χ1v) is 7.69. The second-order valence-corrected chi connectivity index (χ2v) is 7.27. The van der Waals surface area contributed by atoms with Crippen molar-refractivity contribution in [1.82, 2.24) is 15.4 Å². The zero-order valence-electron chi connectivity index (χ0n) is 10.0. The second kappa shape index (κ2) is 6.04. The van der Waals surface area contributed by atoms with E-state index in [-0.39, 0.29) is 6.04 Å². The summed E-state index contributed by atoms with van der Waals surface area (Å²) in [6.07, 6.45) is 5.22. The molecule has 1 saturated heterocycles. The molecule has 1 aromatic rings. The molecule has 0 aromatic carbocycles. The van der Waals surface area contributed by atoms with Gasteiger partial charge in [0.1, 0.15) is 6.33 Å². The third-order valence-electron chi connectivity index (χ3n) is 3.06. The molecule has 6 heteroatoms. The number of hydrazine groups is 1. The summed E-state index contributed by atoms with van der Waals surface area (Å²) in [5.74, 6) is 6.80. The predicted octanol–water partition coefficient (Wildman–Crippen LogP) is 1.61. The monoisotopic (exact) mass is 270 g/mol. The SMILES string of the molecule is CC1SCC(C(NN)c2cncnc2)SC1C. The Morgan fingerprint density at radius 3 is 2.65 bits per heavy atom. The molecule has 4 atom stereocenters. The highest BCUT2D eigenvalue weighted by atomic mass is 32.2. The molecule has 4 unspecified atom stereocenters. The molecule has 2 rings (SSSR count). The first-order valence-electron chi connectivity index (χ1n) is 5.70. The number of nitrogens with one attached hydrogen (secondary N) is 1. The molecule has 1 aromatic heterocycles. The number of hydrogen-bond donors (Lipinski definition) is 2. The van der Waals surface area contributed by atoms with Crippen LogP contribution >= 0.6 is 23.5 Å². The van der Waals surface area contributed by atoms with Crippen LogP contribution in [0.1, 0.15) is 25.5 Å². The van der Waals surface area contributed by atoms with Crippen LogP contribution in [0.15, 0.2) is 18.7 Å². The molecule has 3 N–H and O–H groups in total. The fourth-order valence-electron chi connectivity index (χ4n) is 1.87. The summed E-state index contributed by atoms with van der Waals surface area (Å²) in [6, 6.07) is 0.128. The lowest BCUT2D eigenvalue weighted by Crippen LogP contribution is -2.40. The van der Waals surface area contributed by atoms with E-state index >= 15 is 0 Å². The van der Waals surface area contributed by atoms with Gasteiger partial charge in [-0.05, 0) is 0 Å². The largest absolute Gasteiger partial charge is 0.271 e. The van der Waals surface area contributed by atoms with Gasteiger partial charge in [0.05, 0.1) is 6.04 Å². The van der Waals surface area contributed by atoms with E-state index in [1.165, 1.54) is 0 Å². The summed E-state index contributed by atoms with van der Waals surface area (Å²) in [5.41, 5.74) is 3.97. The molecule has 0 radical (unpaired) electrons. The van der Waals surface area contributed by atoms with E-state index in [2.05, 4.69) is 29.2 Å². The number of thioether (sulfide) groups is 2. The highest BCUT2D eigenvalue weighted by molar-refractivity contribution is 8.07. The molecular formula is C11H18N4S2. The highest BCUT2D eigenvalue weighted by Gasteiger charge is 2.31. The maximum Gasteiger partial charge on any atom is 0.115 e. The molecule has 17 heavy (non-hydrogen) atoms. The lowest BCUT2D eigenvalue weighted by Gasteiger charge is -2.35. The number of nitrogens with zero attached hydrogens (tertiary/aromatic N) is 2. The Morgan fingerprint density at radius 2 is 2.06 bits per heavy atom. The van der Waals surface area contributed by atoms with Gasteiger partial charge < -0.3 is 0 Å². The fourth-order valence-corrected chi connectivity index (χ4v) is 4.97. The average Bonchev–Trinajstić information content (AvgIpc) is 2.36. The first kappa shape index (κ1) is 13.1. The van der Waals surface area contributed by atoms with Crippen LogP contribution in [0.2, 0.25) is 0 Å². The molecule has 0 aliphatic carbocycles. The van der Waals surface area contributed by atoms with Gasteiger partial charge in [0.15, 0.2) is 0 Å². The average molecular weight is 270 g/mol. The molecule has 2 heterocycles. The lowest BCUT2D eigenvalue weighted by atomic mass is 10.1. The summed E-state index contributed by atoms with van der Waals surface area (Å²) >= 11 is 4.02. The topological polar surface area (TPSA) is 63.8 Å². The maximum atomic E-state index is 5.69. The molecule has 1 fully saturated rings. The van der Waals surface area contributed by atoms with Crippen molar-refractivity contribution in [3.8, 4) is 0 Å². The summed E-state index contributed by atoms with van der Waals surface area (Å²) in [5, 5.41) is 1.84. The minimum atomic E-state index is 0.128. The van der Waals surface area contributed by atoms with Crippen LogP contribution < -0.4 is 11.3 Å². The van der Waals surface area contributed by atoms with Gasteiger partial charge in [-0.2, -0.15) is 23.5 Å². The van der Waals surface area contributed by atoms with Gasteiger partial charge in [0, 0.05) is 39.5 Å². The van der Waals surface area contributed by atoms with Crippen LogP contribution in [0, 0.1) is 0 Å². The van der Waals surface area contributed by atoms with Crippen LogP contribution in [0.5, 0.6) is 0 Å². The van der Waals surface area contributed by atoms with Crippen molar-refractivity contribution in [1.29, 1.82) is 0 Å². The van der Waals surface area contributed by atoms with Gasteiger partial charge >= 0.3 is 0 Å². The molecule has 4 nitrogen and oxygen atoms in total. The van der Waals surface area contributed by atoms with Gasteiger partial charge in [-0.1, -0.05) is 13.8 Å². The van der Waals surface area contributed by atoms with Crippen molar-refractivity contribution < 1.29 is 0 Å². The Labute approximate surface area is 111 Å². The van der Waals surface area contributed by atoms with E-state index in [1.807, 2.05) is 35.9 Å². The predicted molar refractivity (Wildman–Crippen MR) is 74.9 cm³/mol. The third-order valence-corrected chi connectivity index (χ3v) is 6.56. The quantitative estimate of drug-likeness (QED) is 0.642. The van der Waals surface area contributed by atoms with Crippen molar-refractivity contribution in [3.05, 3.63) is 24.3 Å². The zero-order valence-corrected chi connectivity index (χ0v) is 11.7. The van der Waals surface area contributed by atoms with E-state index in [9.17, 15) is 0 Å². The number of hydrogen-bond acceptors (Lipinski definition) is 6. The minimum absolute atomic E-state index is 0.128. The van der Waals surface area contributed by atoms with Crippen molar-refractivity contribution in [2.24, 2.45) is 5.84 Å². The normalized spacial score (nSPS) is 31.1. The summed E-state index contributed by atoms with van der Waals surface area (Å²) in [4.78, 5) is 8.12. The van der Waals surface area contributed by atoms with Gasteiger partial charge in [-0.15, -0.1) is 0 Å². The van der Waals surface area contributed by atoms with Crippen LogP contribution in [-0.2, 0) is 0 Å². The van der Waals surface area contributed by atoms with Crippen LogP contribution in [-0.4, -0.2) is 31.5 Å². The Bertz CT molecular complexity index is 349. The van der Waals surface area contributed by atoms with E-state index in [0.29, 0.717) is 15.7 Å². The zero-order chi connectivity index (χ0) is 12.3. The van der Waals surface area contributed by atoms with E-state index in [0.717, 1.165) is 11.3 Å². The fraction of sp³-hybridized carbons (Fsp3) is 0.636. The third kappa shape index (κ3) is 3.13. The van der Waals surface area contributed by atoms with Gasteiger partial charge in [0.2, 0.25) is 0 Å². The summed E-state index contributed by atoms with van der Waals surface area (Å²) in [7, 11) is 0. The number of nitrogens with two attached hydrogens (primary N) is 1. The molecule has 1 aliphatic heterocycles. The van der Waals surface area contributed by atoms with Crippen LogP contribution in [0.4, 0.5) is 0 Å².